The number of unbranched alkanes of at least 4 members (excludes halogenated alkanes) is 2. The number of ether oxygens (including phenoxy) is 1. The summed E-state index contributed by atoms with van der Waals surface area (Å²) in [6, 6.07) is 0.813. The van der Waals surface area contributed by atoms with Crippen molar-refractivity contribution in [2.24, 2.45) is 0 Å². The van der Waals surface area contributed by atoms with E-state index in [2.05, 4.69) is 12.2 Å². The van der Waals surface area contributed by atoms with Gasteiger partial charge in [-0.05, 0) is 32.1 Å². The van der Waals surface area contributed by atoms with Gasteiger partial charge in [0, 0.05) is 19.2 Å². The molecule has 0 saturated heterocycles. The Labute approximate surface area is 107 Å². The molecule has 0 aromatic heterocycles. The van der Waals surface area contributed by atoms with Crippen LogP contribution in [0.5, 0.6) is 0 Å². The summed E-state index contributed by atoms with van der Waals surface area (Å²) in [5.74, 6) is 0. The van der Waals surface area contributed by atoms with Crippen molar-refractivity contribution in [3.05, 3.63) is 0 Å². The average molecular weight is 239 g/mol. The molecule has 2 nitrogen and oxygen atoms in total. The van der Waals surface area contributed by atoms with Gasteiger partial charge in [0.25, 0.3) is 0 Å². The highest BCUT2D eigenvalue weighted by Gasteiger charge is 2.34. The summed E-state index contributed by atoms with van der Waals surface area (Å²) in [5.41, 5.74) is 0.189. The van der Waals surface area contributed by atoms with Crippen molar-refractivity contribution < 1.29 is 4.74 Å². The second-order valence-corrected chi connectivity index (χ2v) is 5.95. The molecule has 2 aliphatic rings. The van der Waals surface area contributed by atoms with Crippen molar-refractivity contribution >= 4 is 0 Å². The topological polar surface area (TPSA) is 21.3 Å². The molecule has 0 aromatic rings. The van der Waals surface area contributed by atoms with E-state index >= 15 is 0 Å². The van der Waals surface area contributed by atoms with Crippen LogP contribution < -0.4 is 5.32 Å². The third-order valence-electron chi connectivity index (χ3n) is 4.21. The first-order chi connectivity index (χ1) is 8.35. The second kappa shape index (κ2) is 6.75. The number of hydrogen-bond donors (Lipinski definition) is 1. The third kappa shape index (κ3) is 4.59. The fourth-order valence-corrected chi connectivity index (χ4v) is 2.83. The minimum Gasteiger partial charge on any atom is -0.374 e. The van der Waals surface area contributed by atoms with Gasteiger partial charge in [-0.3, -0.25) is 0 Å². The number of nitrogens with one attached hydrogen (secondary N) is 1. The Balaban J connectivity index is 1.73. The largest absolute Gasteiger partial charge is 0.374 e. The molecular formula is C15H29NO. The lowest BCUT2D eigenvalue weighted by Crippen LogP contribution is -2.45. The van der Waals surface area contributed by atoms with Gasteiger partial charge in [0.15, 0.2) is 0 Å². The van der Waals surface area contributed by atoms with Crippen molar-refractivity contribution in [2.75, 3.05) is 13.2 Å². The van der Waals surface area contributed by atoms with E-state index in [1.54, 1.807) is 0 Å². The van der Waals surface area contributed by atoms with E-state index < -0.39 is 0 Å². The summed E-state index contributed by atoms with van der Waals surface area (Å²) < 4.78 is 6.29. The van der Waals surface area contributed by atoms with Gasteiger partial charge in [0.05, 0.1) is 5.60 Å². The van der Waals surface area contributed by atoms with E-state index in [9.17, 15) is 0 Å². The maximum atomic E-state index is 6.29. The van der Waals surface area contributed by atoms with E-state index in [0.717, 1.165) is 19.2 Å². The van der Waals surface area contributed by atoms with Crippen molar-refractivity contribution in [1.82, 2.24) is 5.32 Å². The fraction of sp³-hybridized carbons (Fsp3) is 1.00. The number of hydrogen-bond acceptors (Lipinski definition) is 2. The lowest BCUT2D eigenvalue weighted by atomic mass is 9.84. The molecule has 0 radical (unpaired) electrons. The smallest absolute Gasteiger partial charge is 0.0806 e. The SMILES string of the molecule is CCCCCOC1(CNC2CC2)CCCCC1. The first-order valence-electron chi connectivity index (χ1n) is 7.72. The highest BCUT2D eigenvalue weighted by atomic mass is 16.5. The predicted molar refractivity (Wildman–Crippen MR) is 72.3 cm³/mol. The van der Waals surface area contributed by atoms with Gasteiger partial charge in [-0.2, -0.15) is 0 Å². The van der Waals surface area contributed by atoms with Gasteiger partial charge in [-0.15, -0.1) is 0 Å². The highest BCUT2D eigenvalue weighted by Crippen LogP contribution is 2.32. The Morgan fingerprint density at radius 1 is 1.12 bits per heavy atom. The van der Waals surface area contributed by atoms with Gasteiger partial charge in [0.1, 0.15) is 0 Å². The van der Waals surface area contributed by atoms with Crippen molar-refractivity contribution in [3.63, 3.8) is 0 Å². The monoisotopic (exact) mass is 239 g/mol. The first-order valence-corrected chi connectivity index (χ1v) is 7.72. The molecule has 0 amide bonds. The zero-order valence-corrected chi connectivity index (χ0v) is 11.5. The highest BCUT2D eigenvalue weighted by molar-refractivity contribution is 4.91. The van der Waals surface area contributed by atoms with Gasteiger partial charge < -0.3 is 10.1 Å². The summed E-state index contributed by atoms with van der Waals surface area (Å²) in [5, 5.41) is 3.68. The zero-order valence-electron chi connectivity index (χ0n) is 11.5. The summed E-state index contributed by atoms with van der Waals surface area (Å²) in [6.45, 7) is 4.33. The van der Waals surface area contributed by atoms with E-state index in [1.165, 1.54) is 64.2 Å². The molecule has 2 saturated carbocycles. The molecular weight excluding hydrogens is 210 g/mol. The van der Waals surface area contributed by atoms with Gasteiger partial charge in [0.2, 0.25) is 0 Å². The van der Waals surface area contributed by atoms with E-state index in [-0.39, 0.29) is 5.60 Å². The van der Waals surface area contributed by atoms with E-state index in [0.29, 0.717) is 0 Å². The third-order valence-corrected chi connectivity index (χ3v) is 4.21. The summed E-state index contributed by atoms with van der Waals surface area (Å²) in [7, 11) is 0. The first kappa shape index (κ1) is 13.4. The van der Waals surface area contributed by atoms with Gasteiger partial charge >= 0.3 is 0 Å². The van der Waals surface area contributed by atoms with Gasteiger partial charge in [-0.25, -0.2) is 0 Å². The molecule has 2 heteroatoms. The Kier molecular flexibility index (Phi) is 5.30. The normalized spacial score (nSPS) is 23.8. The predicted octanol–water partition coefficient (Wildman–Crippen LogP) is 3.65. The molecule has 0 unspecified atom stereocenters. The molecule has 0 aromatic carbocycles. The molecule has 0 aliphatic heterocycles. The minimum atomic E-state index is 0.189. The summed E-state index contributed by atoms with van der Waals surface area (Å²) >= 11 is 0. The fourth-order valence-electron chi connectivity index (χ4n) is 2.83. The molecule has 1 N–H and O–H groups in total. The van der Waals surface area contributed by atoms with Crippen LogP contribution in [0.25, 0.3) is 0 Å². The maximum Gasteiger partial charge on any atom is 0.0806 e. The number of rotatable bonds is 8. The van der Waals surface area contributed by atoms with Crippen molar-refractivity contribution in [1.29, 1.82) is 0 Å². The molecule has 100 valence electrons. The molecule has 0 atom stereocenters. The molecule has 2 fully saturated rings. The Bertz CT molecular complexity index is 207. The van der Waals surface area contributed by atoms with Gasteiger partial charge in [-0.1, -0.05) is 39.0 Å². The van der Waals surface area contributed by atoms with Crippen LogP contribution in [0.3, 0.4) is 0 Å². The Hall–Kier alpha value is -0.0800. The quantitative estimate of drug-likeness (QED) is 0.653. The van der Waals surface area contributed by atoms with E-state index in [4.69, 9.17) is 4.74 Å². The van der Waals surface area contributed by atoms with E-state index in [1.807, 2.05) is 0 Å². The van der Waals surface area contributed by atoms with Crippen LogP contribution in [0, 0.1) is 0 Å². The molecule has 0 heterocycles. The molecule has 2 rings (SSSR count). The molecule has 2 aliphatic carbocycles. The van der Waals surface area contributed by atoms with Crippen LogP contribution in [0.2, 0.25) is 0 Å². The maximum absolute atomic E-state index is 6.29. The lowest BCUT2D eigenvalue weighted by Gasteiger charge is -2.37. The zero-order chi connectivity index (χ0) is 12.0. The Morgan fingerprint density at radius 2 is 1.88 bits per heavy atom. The van der Waals surface area contributed by atoms with Crippen LogP contribution in [0.4, 0.5) is 0 Å². The average Bonchev–Trinajstić information content (AvgIpc) is 3.18. The standard InChI is InChI=1S/C15H29NO/c1-2-3-7-12-17-15(10-5-4-6-11-15)13-16-14-8-9-14/h14,16H,2-13H2,1H3. The van der Waals surface area contributed by atoms with Crippen molar-refractivity contribution in [2.45, 2.75) is 82.8 Å². The molecule has 17 heavy (non-hydrogen) atoms. The molecule has 0 spiro atoms. The van der Waals surface area contributed by atoms with Crippen LogP contribution in [-0.4, -0.2) is 24.8 Å². The van der Waals surface area contributed by atoms with Crippen LogP contribution in [0.1, 0.15) is 71.1 Å². The van der Waals surface area contributed by atoms with Crippen LogP contribution in [0.15, 0.2) is 0 Å². The van der Waals surface area contributed by atoms with Crippen molar-refractivity contribution in [3.8, 4) is 0 Å². The lowest BCUT2D eigenvalue weighted by molar-refractivity contribution is -0.0698. The second-order valence-electron chi connectivity index (χ2n) is 5.95. The minimum absolute atomic E-state index is 0.189. The summed E-state index contributed by atoms with van der Waals surface area (Å²) in [4.78, 5) is 0. The van der Waals surface area contributed by atoms with Crippen LogP contribution in [-0.2, 0) is 4.74 Å². The summed E-state index contributed by atoms with van der Waals surface area (Å²) in [6.07, 6.45) is 13.3. The Morgan fingerprint density at radius 3 is 2.53 bits per heavy atom. The molecule has 0 bridgehead atoms. The van der Waals surface area contributed by atoms with Crippen LogP contribution >= 0.6 is 0 Å².